The number of aromatic nitrogens is 2. The predicted molar refractivity (Wildman–Crippen MR) is 121 cm³/mol. The molecule has 0 saturated carbocycles. The summed E-state index contributed by atoms with van der Waals surface area (Å²) in [4.78, 5) is 25.3. The lowest BCUT2D eigenvalue weighted by atomic mass is 9.92. The van der Waals surface area contributed by atoms with Crippen LogP contribution in [0.5, 0.6) is 0 Å². The lowest BCUT2D eigenvalue weighted by Gasteiger charge is -2.39. The van der Waals surface area contributed by atoms with Crippen LogP contribution < -0.4 is 15.5 Å². The summed E-state index contributed by atoms with van der Waals surface area (Å²) in [5.74, 6) is 1.53. The van der Waals surface area contributed by atoms with Crippen molar-refractivity contribution in [1.82, 2.24) is 20.2 Å². The molecule has 2 aromatic rings. The summed E-state index contributed by atoms with van der Waals surface area (Å²) >= 11 is 0. The second kappa shape index (κ2) is 9.62. The van der Waals surface area contributed by atoms with E-state index in [0.717, 1.165) is 50.7 Å². The third-order valence-electron chi connectivity index (χ3n) is 6.19. The molecular weight excluding hydrogens is 392 g/mol. The highest BCUT2D eigenvalue weighted by Gasteiger charge is 2.34. The number of carbonyl (C=O) groups excluding carboxylic acids is 1. The van der Waals surface area contributed by atoms with Gasteiger partial charge in [-0.2, -0.15) is 0 Å². The van der Waals surface area contributed by atoms with Crippen LogP contribution in [-0.2, 0) is 17.9 Å². The monoisotopic (exact) mass is 424 g/mol. The molecule has 0 radical (unpaired) electrons. The van der Waals surface area contributed by atoms with Crippen molar-refractivity contribution in [2.75, 3.05) is 43.4 Å². The summed E-state index contributed by atoms with van der Waals surface area (Å²) in [5, 5.41) is 17.0. The number of benzene rings is 1. The van der Waals surface area contributed by atoms with Gasteiger partial charge in [-0.15, -0.1) is 0 Å². The molecule has 1 fully saturated rings. The van der Waals surface area contributed by atoms with E-state index in [1.165, 1.54) is 17.5 Å². The van der Waals surface area contributed by atoms with Crippen LogP contribution in [0, 0.1) is 0 Å². The van der Waals surface area contributed by atoms with Crippen molar-refractivity contribution in [2.45, 2.75) is 44.4 Å². The number of hydrogen-bond donors (Lipinski definition) is 3. The van der Waals surface area contributed by atoms with Gasteiger partial charge in [-0.05, 0) is 36.9 Å². The number of nitrogens with zero attached hydrogens (tertiary/aromatic N) is 4. The Morgan fingerprint density at radius 1 is 1.23 bits per heavy atom. The zero-order valence-corrected chi connectivity index (χ0v) is 18.2. The van der Waals surface area contributed by atoms with E-state index in [9.17, 15) is 9.90 Å². The van der Waals surface area contributed by atoms with Crippen molar-refractivity contribution in [2.24, 2.45) is 0 Å². The number of fused-ring (bicyclic) bond motifs is 1. The second-order valence-electron chi connectivity index (χ2n) is 8.62. The number of β-amino-alcohol motifs (C(OH)–C–C–N with tert-alkyl or cyclic N) is 1. The molecule has 2 aliphatic heterocycles. The molecule has 1 unspecified atom stereocenters. The first-order valence-corrected chi connectivity index (χ1v) is 11.1. The molecule has 31 heavy (non-hydrogen) atoms. The van der Waals surface area contributed by atoms with Crippen LogP contribution in [0.2, 0.25) is 0 Å². The van der Waals surface area contributed by atoms with E-state index < -0.39 is 5.60 Å². The fourth-order valence-corrected chi connectivity index (χ4v) is 4.49. The first kappa shape index (κ1) is 21.5. The SMILES string of the molecule is CNc1cc(N2CCCC(O)(CNC(=O)CCCN3Cc4ccccc4C3)C2)ncn1. The first-order valence-electron chi connectivity index (χ1n) is 11.1. The van der Waals surface area contributed by atoms with Crippen LogP contribution in [-0.4, -0.2) is 64.7 Å². The molecule has 8 nitrogen and oxygen atoms in total. The number of carbonyl (C=O) groups is 1. The van der Waals surface area contributed by atoms with Gasteiger partial charge in [-0.25, -0.2) is 9.97 Å². The van der Waals surface area contributed by atoms with Crippen molar-refractivity contribution in [3.8, 4) is 0 Å². The molecule has 3 heterocycles. The van der Waals surface area contributed by atoms with Crippen molar-refractivity contribution >= 4 is 17.5 Å². The zero-order chi connectivity index (χ0) is 21.7. The minimum atomic E-state index is -0.949. The molecule has 1 atom stereocenters. The van der Waals surface area contributed by atoms with Gasteiger partial charge < -0.3 is 20.6 Å². The van der Waals surface area contributed by atoms with Gasteiger partial charge in [0.05, 0.1) is 5.60 Å². The van der Waals surface area contributed by atoms with E-state index >= 15 is 0 Å². The minimum absolute atomic E-state index is 0.00163. The molecular formula is C23H32N6O2. The van der Waals surface area contributed by atoms with Gasteiger partial charge in [0.25, 0.3) is 0 Å². The largest absolute Gasteiger partial charge is 0.386 e. The average Bonchev–Trinajstić information content (AvgIpc) is 3.21. The van der Waals surface area contributed by atoms with Gasteiger partial charge in [0, 0.05) is 52.3 Å². The third kappa shape index (κ3) is 5.51. The minimum Gasteiger partial charge on any atom is -0.386 e. The van der Waals surface area contributed by atoms with Gasteiger partial charge in [0.15, 0.2) is 0 Å². The molecule has 0 spiro atoms. The molecule has 2 aliphatic rings. The maximum absolute atomic E-state index is 12.4. The summed E-state index contributed by atoms with van der Waals surface area (Å²) in [6.07, 6.45) is 4.33. The standard InChI is InChI=1S/C23H32N6O2/c1-24-20-12-21(27-17-26-20)29-11-5-9-23(31,16-29)15-25-22(30)8-4-10-28-13-18-6-2-3-7-19(18)14-28/h2-3,6-7,12,17,31H,4-5,8-11,13-16H2,1H3,(H,25,30)(H,24,26,27). The van der Waals surface area contributed by atoms with Crippen LogP contribution >= 0.6 is 0 Å². The van der Waals surface area contributed by atoms with Crippen LogP contribution in [0.4, 0.5) is 11.6 Å². The Hall–Kier alpha value is -2.71. The topological polar surface area (TPSA) is 93.6 Å². The summed E-state index contributed by atoms with van der Waals surface area (Å²) in [7, 11) is 1.82. The second-order valence-corrected chi connectivity index (χ2v) is 8.62. The van der Waals surface area contributed by atoms with Crippen molar-refractivity contribution < 1.29 is 9.90 Å². The molecule has 1 aromatic heterocycles. The smallest absolute Gasteiger partial charge is 0.220 e. The normalized spacial score (nSPS) is 21.0. The number of nitrogens with one attached hydrogen (secondary N) is 2. The lowest BCUT2D eigenvalue weighted by Crippen LogP contribution is -2.54. The molecule has 8 heteroatoms. The predicted octanol–water partition coefficient (Wildman–Crippen LogP) is 1.76. The quantitative estimate of drug-likeness (QED) is 0.595. The molecule has 1 saturated heterocycles. The summed E-state index contributed by atoms with van der Waals surface area (Å²) in [6.45, 7) is 4.37. The highest BCUT2D eigenvalue weighted by Crippen LogP contribution is 2.25. The van der Waals surface area contributed by atoms with Crippen molar-refractivity contribution in [3.05, 3.63) is 47.8 Å². The number of aliphatic hydroxyl groups is 1. The van der Waals surface area contributed by atoms with Crippen molar-refractivity contribution in [1.29, 1.82) is 0 Å². The summed E-state index contributed by atoms with van der Waals surface area (Å²) in [6, 6.07) is 10.4. The van der Waals surface area contributed by atoms with Gasteiger partial charge in [0.1, 0.15) is 18.0 Å². The molecule has 0 aliphatic carbocycles. The molecule has 4 rings (SSSR count). The van der Waals surface area contributed by atoms with E-state index in [4.69, 9.17) is 0 Å². The average molecular weight is 425 g/mol. The van der Waals surface area contributed by atoms with Gasteiger partial charge in [0.2, 0.25) is 5.91 Å². The molecule has 1 amide bonds. The Morgan fingerprint density at radius 2 is 2.00 bits per heavy atom. The van der Waals surface area contributed by atoms with Gasteiger partial charge in [-0.1, -0.05) is 24.3 Å². The number of hydrogen-bond acceptors (Lipinski definition) is 7. The summed E-state index contributed by atoms with van der Waals surface area (Å²) in [5.41, 5.74) is 1.83. The molecule has 0 bridgehead atoms. The van der Waals surface area contributed by atoms with E-state index in [0.29, 0.717) is 19.4 Å². The number of piperidine rings is 1. The number of rotatable bonds is 8. The maximum atomic E-state index is 12.4. The Bertz CT molecular complexity index is 882. The fraction of sp³-hybridized carbons (Fsp3) is 0.522. The lowest BCUT2D eigenvalue weighted by molar-refractivity contribution is -0.122. The molecule has 1 aromatic carbocycles. The molecule has 166 valence electrons. The highest BCUT2D eigenvalue weighted by atomic mass is 16.3. The first-order chi connectivity index (χ1) is 15.0. The highest BCUT2D eigenvalue weighted by molar-refractivity contribution is 5.75. The van der Waals surface area contributed by atoms with Crippen LogP contribution in [0.15, 0.2) is 36.7 Å². The van der Waals surface area contributed by atoms with E-state index in [-0.39, 0.29) is 12.5 Å². The fourth-order valence-electron chi connectivity index (χ4n) is 4.49. The third-order valence-corrected chi connectivity index (χ3v) is 6.19. The Labute approximate surface area is 183 Å². The van der Waals surface area contributed by atoms with E-state index in [1.807, 2.05) is 13.1 Å². The summed E-state index contributed by atoms with van der Waals surface area (Å²) < 4.78 is 0. The van der Waals surface area contributed by atoms with Crippen LogP contribution in [0.25, 0.3) is 0 Å². The van der Waals surface area contributed by atoms with E-state index in [1.54, 1.807) is 0 Å². The van der Waals surface area contributed by atoms with Gasteiger partial charge in [-0.3, -0.25) is 9.69 Å². The zero-order valence-electron chi connectivity index (χ0n) is 18.2. The van der Waals surface area contributed by atoms with Gasteiger partial charge >= 0.3 is 0 Å². The Morgan fingerprint density at radius 3 is 2.74 bits per heavy atom. The van der Waals surface area contributed by atoms with Crippen molar-refractivity contribution in [3.63, 3.8) is 0 Å². The van der Waals surface area contributed by atoms with E-state index in [2.05, 4.69) is 54.7 Å². The van der Waals surface area contributed by atoms with Crippen LogP contribution in [0.3, 0.4) is 0 Å². The Balaban J connectivity index is 1.20. The molecule has 3 N–H and O–H groups in total. The Kier molecular flexibility index (Phi) is 6.67. The number of anilines is 2. The maximum Gasteiger partial charge on any atom is 0.220 e. The van der Waals surface area contributed by atoms with Crippen LogP contribution in [0.1, 0.15) is 36.8 Å². The number of amides is 1.